The number of rotatable bonds is 28. The maximum absolute atomic E-state index is 10.8. The summed E-state index contributed by atoms with van der Waals surface area (Å²) in [6, 6.07) is 0. The lowest BCUT2D eigenvalue weighted by atomic mass is 10.0. The van der Waals surface area contributed by atoms with E-state index in [2.05, 4.69) is 18.7 Å². The van der Waals surface area contributed by atoms with Crippen LogP contribution in [0.4, 0.5) is 0 Å². The number of unbranched alkanes of at least 4 members (excludes halogenated alkanes) is 15. The van der Waals surface area contributed by atoms with Crippen molar-refractivity contribution in [1.82, 2.24) is 4.90 Å². The highest BCUT2D eigenvalue weighted by Gasteiger charge is 2.17. The first kappa shape index (κ1) is 35.3. The Kier molecular flexibility index (Phi) is 25.4. The van der Waals surface area contributed by atoms with Gasteiger partial charge in [0, 0.05) is 13.1 Å². The summed E-state index contributed by atoms with van der Waals surface area (Å²) in [7, 11) is 0. The molecule has 0 aromatic rings. The van der Waals surface area contributed by atoms with Crippen molar-refractivity contribution in [2.24, 2.45) is 0 Å². The summed E-state index contributed by atoms with van der Waals surface area (Å²) in [4.78, 5) is 13.0. The van der Waals surface area contributed by atoms with E-state index < -0.39 is 24.3 Å². The normalized spacial score (nSPS) is 14.3. The number of hydrogen-bond acceptors (Lipinski definition) is 5. The summed E-state index contributed by atoms with van der Waals surface area (Å²) in [6.45, 7) is 6.27. The molecule has 0 radical (unpaired) electrons. The van der Waals surface area contributed by atoms with E-state index in [0.29, 0.717) is 26.1 Å². The van der Waals surface area contributed by atoms with Crippen LogP contribution < -0.4 is 0 Å². The van der Waals surface area contributed by atoms with Gasteiger partial charge in [0.05, 0.1) is 12.2 Å². The van der Waals surface area contributed by atoms with Crippen LogP contribution >= 0.6 is 0 Å². The SMILES string of the molecule is CCCCCCCCCCC(O)CN(CCCCC(O)C(=O)O)CC(O)CCCCCCCCCC. The lowest BCUT2D eigenvalue weighted by Gasteiger charge is -2.27. The van der Waals surface area contributed by atoms with E-state index in [9.17, 15) is 20.1 Å². The summed E-state index contributed by atoms with van der Waals surface area (Å²) in [6.07, 6.45) is 21.0. The number of aliphatic hydroxyl groups is 3. The Morgan fingerprint density at radius 2 is 0.917 bits per heavy atom. The van der Waals surface area contributed by atoms with E-state index in [1.54, 1.807) is 0 Å². The van der Waals surface area contributed by atoms with Gasteiger partial charge in [0.25, 0.3) is 0 Å². The van der Waals surface area contributed by atoms with Gasteiger partial charge in [0.15, 0.2) is 6.10 Å². The minimum absolute atomic E-state index is 0.241. The van der Waals surface area contributed by atoms with Gasteiger partial charge in [0.1, 0.15) is 0 Å². The van der Waals surface area contributed by atoms with Crippen LogP contribution in [-0.2, 0) is 4.79 Å². The second-order valence-electron chi connectivity index (χ2n) is 10.9. The van der Waals surface area contributed by atoms with E-state index >= 15 is 0 Å². The summed E-state index contributed by atoms with van der Waals surface area (Å²) >= 11 is 0. The highest BCUT2D eigenvalue weighted by molar-refractivity contribution is 5.71. The molecule has 0 spiro atoms. The zero-order valence-electron chi connectivity index (χ0n) is 23.8. The van der Waals surface area contributed by atoms with Crippen molar-refractivity contribution in [1.29, 1.82) is 0 Å². The van der Waals surface area contributed by atoms with Gasteiger partial charge in [-0.15, -0.1) is 0 Å². The maximum atomic E-state index is 10.8. The van der Waals surface area contributed by atoms with Crippen molar-refractivity contribution in [3.63, 3.8) is 0 Å². The van der Waals surface area contributed by atoms with Crippen molar-refractivity contribution in [3.8, 4) is 0 Å². The highest BCUT2D eigenvalue weighted by Crippen LogP contribution is 2.14. The molecule has 6 heteroatoms. The highest BCUT2D eigenvalue weighted by atomic mass is 16.4. The summed E-state index contributed by atoms with van der Waals surface area (Å²) < 4.78 is 0. The van der Waals surface area contributed by atoms with Gasteiger partial charge in [-0.25, -0.2) is 4.79 Å². The molecule has 0 saturated carbocycles. The van der Waals surface area contributed by atoms with E-state index in [-0.39, 0.29) is 6.42 Å². The third-order valence-corrected chi connectivity index (χ3v) is 7.21. The minimum Gasteiger partial charge on any atom is -0.479 e. The van der Waals surface area contributed by atoms with E-state index in [0.717, 1.165) is 44.9 Å². The van der Waals surface area contributed by atoms with Crippen LogP contribution in [0.5, 0.6) is 0 Å². The van der Waals surface area contributed by atoms with Gasteiger partial charge in [-0.2, -0.15) is 0 Å². The smallest absolute Gasteiger partial charge is 0.332 e. The lowest BCUT2D eigenvalue weighted by Crippen LogP contribution is -2.38. The number of hydrogen-bond donors (Lipinski definition) is 4. The van der Waals surface area contributed by atoms with Gasteiger partial charge in [-0.05, 0) is 38.6 Å². The van der Waals surface area contributed by atoms with Gasteiger partial charge >= 0.3 is 5.97 Å². The number of nitrogens with zero attached hydrogens (tertiary/aromatic N) is 1. The fraction of sp³-hybridized carbons (Fsp3) is 0.967. The molecule has 3 unspecified atom stereocenters. The third-order valence-electron chi connectivity index (χ3n) is 7.21. The molecule has 0 amide bonds. The van der Waals surface area contributed by atoms with Gasteiger partial charge in [-0.3, -0.25) is 4.90 Å². The maximum Gasteiger partial charge on any atom is 0.332 e. The number of carbonyl (C=O) groups is 1. The summed E-state index contributed by atoms with van der Waals surface area (Å²) in [5, 5.41) is 39.6. The van der Waals surface area contributed by atoms with Crippen molar-refractivity contribution < 1.29 is 25.2 Å². The fourth-order valence-electron chi connectivity index (χ4n) is 4.86. The molecule has 0 saturated heterocycles. The fourth-order valence-corrected chi connectivity index (χ4v) is 4.86. The Hall–Kier alpha value is -0.690. The molecule has 0 aliphatic carbocycles. The number of aliphatic carboxylic acids is 1. The lowest BCUT2D eigenvalue weighted by molar-refractivity contribution is -0.146. The van der Waals surface area contributed by atoms with Crippen molar-refractivity contribution in [2.45, 2.75) is 167 Å². The van der Waals surface area contributed by atoms with Gasteiger partial charge < -0.3 is 20.4 Å². The molecule has 216 valence electrons. The first-order chi connectivity index (χ1) is 17.4. The van der Waals surface area contributed by atoms with Crippen LogP contribution in [0.15, 0.2) is 0 Å². The molecule has 0 rings (SSSR count). The molecule has 0 bridgehead atoms. The van der Waals surface area contributed by atoms with Gasteiger partial charge in [-0.1, -0.05) is 117 Å². The van der Waals surface area contributed by atoms with Crippen LogP contribution in [-0.4, -0.2) is 69.2 Å². The Labute approximate surface area is 222 Å². The zero-order chi connectivity index (χ0) is 26.9. The third kappa shape index (κ3) is 23.7. The first-order valence-corrected chi connectivity index (χ1v) is 15.4. The minimum atomic E-state index is -1.31. The topological polar surface area (TPSA) is 101 Å². The molecular formula is C30H61NO5. The molecular weight excluding hydrogens is 454 g/mol. The average molecular weight is 516 g/mol. The largest absolute Gasteiger partial charge is 0.479 e. The van der Waals surface area contributed by atoms with Crippen molar-refractivity contribution in [3.05, 3.63) is 0 Å². The predicted octanol–water partition coefficient (Wildman–Crippen LogP) is 6.69. The molecule has 0 aliphatic rings. The molecule has 36 heavy (non-hydrogen) atoms. The Morgan fingerprint density at radius 1 is 0.556 bits per heavy atom. The quantitative estimate of drug-likeness (QED) is 0.0866. The van der Waals surface area contributed by atoms with Crippen LogP contribution in [0.25, 0.3) is 0 Å². The summed E-state index contributed by atoms with van der Waals surface area (Å²) in [5.74, 6) is -1.17. The molecule has 0 aromatic carbocycles. The Bertz CT molecular complexity index is 448. The second kappa shape index (κ2) is 25.9. The monoisotopic (exact) mass is 515 g/mol. The number of aliphatic hydroxyl groups excluding tert-OH is 3. The second-order valence-corrected chi connectivity index (χ2v) is 10.9. The molecule has 3 atom stereocenters. The molecule has 4 N–H and O–H groups in total. The van der Waals surface area contributed by atoms with Crippen LogP contribution in [0.2, 0.25) is 0 Å². The molecule has 0 heterocycles. The number of carboxylic acid groups (broad SMARTS) is 1. The van der Waals surface area contributed by atoms with Crippen molar-refractivity contribution >= 4 is 5.97 Å². The molecule has 6 nitrogen and oxygen atoms in total. The standard InChI is InChI=1S/C30H61NO5/c1-3-5-7-9-11-13-15-17-21-27(32)25-31(24-20-19-23-29(34)30(35)36)26-28(33)22-18-16-14-12-10-8-6-4-2/h27-29,32-34H,3-26H2,1-2H3,(H,35,36). The average Bonchev–Trinajstić information content (AvgIpc) is 2.84. The van der Waals surface area contributed by atoms with E-state index in [4.69, 9.17) is 5.11 Å². The van der Waals surface area contributed by atoms with E-state index in [1.807, 2.05) is 0 Å². The first-order valence-electron chi connectivity index (χ1n) is 15.4. The van der Waals surface area contributed by atoms with Crippen molar-refractivity contribution in [2.75, 3.05) is 19.6 Å². The van der Waals surface area contributed by atoms with Gasteiger partial charge in [0.2, 0.25) is 0 Å². The van der Waals surface area contributed by atoms with E-state index in [1.165, 1.54) is 77.0 Å². The Balaban J connectivity index is 4.27. The number of carboxylic acids is 1. The van der Waals surface area contributed by atoms with Crippen LogP contribution in [0.1, 0.15) is 149 Å². The van der Waals surface area contributed by atoms with Crippen LogP contribution in [0.3, 0.4) is 0 Å². The molecule has 0 aromatic heterocycles. The molecule has 0 aliphatic heterocycles. The zero-order valence-corrected chi connectivity index (χ0v) is 23.8. The Morgan fingerprint density at radius 3 is 1.31 bits per heavy atom. The van der Waals surface area contributed by atoms with Crippen LogP contribution in [0, 0.1) is 0 Å². The molecule has 0 fully saturated rings. The predicted molar refractivity (Wildman–Crippen MR) is 150 cm³/mol. The summed E-state index contributed by atoms with van der Waals surface area (Å²) in [5.41, 5.74) is 0.